The Morgan fingerprint density at radius 1 is 1.45 bits per heavy atom. The van der Waals surface area contributed by atoms with E-state index in [1.54, 1.807) is 6.07 Å². The molecule has 0 saturated heterocycles. The van der Waals surface area contributed by atoms with Gasteiger partial charge in [0.1, 0.15) is 0 Å². The highest BCUT2D eigenvalue weighted by atomic mass is 35.5. The lowest BCUT2D eigenvalue weighted by Crippen LogP contribution is -2.48. The van der Waals surface area contributed by atoms with E-state index in [-0.39, 0.29) is 36.0 Å². The highest BCUT2D eigenvalue weighted by molar-refractivity contribution is 5.85. The van der Waals surface area contributed by atoms with Crippen LogP contribution in [-0.4, -0.2) is 19.1 Å². The fourth-order valence-corrected chi connectivity index (χ4v) is 1.51. The van der Waals surface area contributed by atoms with Crippen LogP contribution in [0.2, 0.25) is 0 Å². The molecule has 0 aromatic heterocycles. The van der Waals surface area contributed by atoms with Crippen molar-refractivity contribution in [3.05, 3.63) is 29.6 Å². The minimum atomic E-state index is -0.601. The number of ether oxygens (including phenoxy) is 1. The number of nitrogens with one attached hydrogen (secondary N) is 1. The number of nitrogens with two attached hydrogens (primary N) is 1. The van der Waals surface area contributed by atoms with Crippen LogP contribution in [-0.2, 0) is 11.3 Å². The number of benzene rings is 1. The Morgan fingerprint density at radius 2 is 2.05 bits per heavy atom. The lowest BCUT2D eigenvalue weighted by molar-refractivity contribution is -0.124. The summed E-state index contributed by atoms with van der Waals surface area (Å²) in [5, 5.41) is 2.70. The van der Waals surface area contributed by atoms with Crippen molar-refractivity contribution in [2.45, 2.75) is 33.4 Å². The van der Waals surface area contributed by atoms with Crippen LogP contribution >= 0.6 is 12.4 Å². The maximum atomic E-state index is 13.5. The Kier molecular flexibility index (Phi) is 6.96. The van der Waals surface area contributed by atoms with Crippen molar-refractivity contribution in [1.82, 2.24) is 5.32 Å². The molecule has 0 saturated carbocycles. The first-order valence-electron chi connectivity index (χ1n) is 6.11. The van der Waals surface area contributed by atoms with Gasteiger partial charge < -0.3 is 15.8 Å². The minimum absolute atomic E-state index is 0. The summed E-state index contributed by atoms with van der Waals surface area (Å²) in [4.78, 5) is 11.8. The maximum absolute atomic E-state index is 13.5. The number of hydrogen-bond acceptors (Lipinski definition) is 3. The lowest BCUT2D eigenvalue weighted by Gasteiger charge is -2.25. The van der Waals surface area contributed by atoms with E-state index >= 15 is 0 Å². The molecule has 1 atom stereocenters. The van der Waals surface area contributed by atoms with Crippen molar-refractivity contribution in [1.29, 1.82) is 0 Å². The number of carbonyl (C=O) groups is 1. The fraction of sp³-hybridized carbons (Fsp3) is 0.500. The first-order chi connectivity index (χ1) is 8.75. The topological polar surface area (TPSA) is 64.3 Å². The van der Waals surface area contributed by atoms with Crippen molar-refractivity contribution in [3.63, 3.8) is 0 Å². The lowest BCUT2D eigenvalue weighted by atomic mass is 9.87. The number of carbonyl (C=O) groups excluding carboxylic acids is 1. The van der Waals surface area contributed by atoms with Crippen LogP contribution < -0.4 is 15.8 Å². The molecule has 0 aliphatic rings. The van der Waals surface area contributed by atoms with E-state index in [1.807, 2.05) is 20.8 Å². The van der Waals surface area contributed by atoms with Crippen molar-refractivity contribution in [2.24, 2.45) is 11.1 Å². The molecule has 0 bridgehead atoms. The first kappa shape index (κ1) is 18.7. The monoisotopic (exact) mass is 304 g/mol. The van der Waals surface area contributed by atoms with Gasteiger partial charge >= 0.3 is 0 Å². The van der Waals surface area contributed by atoms with E-state index in [1.165, 1.54) is 19.2 Å². The molecule has 0 aliphatic carbocycles. The number of hydrogen-bond donors (Lipinski definition) is 2. The van der Waals surface area contributed by atoms with Gasteiger partial charge in [0, 0.05) is 6.54 Å². The highest BCUT2D eigenvalue weighted by Gasteiger charge is 2.27. The molecule has 114 valence electrons. The molecule has 3 N–H and O–H groups in total. The number of rotatable bonds is 4. The maximum Gasteiger partial charge on any atom is 0.237 e. The van der Waals surface area contributed by atoms with E-state index in [0.29, 0.717) is 5.56 Å². The SMILES string of the molecule is COc1ccc(CNC(=O)[C@@H](N)C(C)(C)C)cc1F.Cl. The Balaban J connectivity index is 0.00000361. The summed E-state index contributed by atoms with van der Waals surface area (Å²) in [6, 6.07) is 3.96. The van der Waals surface area contributed by atoms with E-state index < -0.39 is 11.9 Å². The molecule has 20 heavy (non-hydrogen) atoms. The molecule has 0 spiro atoms. The van der Waals surface area contributed by atoms with Gasteiger partial charge in [0.2, 0.25) is 5.91 Å². The summed E-state index contributed by atoms with van der Waals surface area (Å²) in [6.45, 7) is 5.92. The number of amides is 1. The van der Waals surface area contributed by atoms with E-state index in [2.05, 4.69) is 5.32 Å². The van der Waals surface area contributed by atoms with Gasteiger partial charge in [0.25, 0.3) is 0 Å². The van der Waals surface area contributed by atoms with Crippen molar-refractivity contribution in [3.8, 4) is 5.75 Å². The van der Waals surface area contributed by atoms with Gasteiger partial charge in [-0.2, -0.15) is 0 Å². The van der Waals surface area contributed by atoms with Crippen LogP contribution in [0.1, 0.15) is 26.3 Å². The molecule has 4 nitrogen and oxygen atoms in total. The second kappa shape index (κ2) is 7.45. The second-order valence-electron chi connectivity index (χ2n) is 5.53. The molecule has 0 aliphatic heterocycles. The Morgan fingerprint density at radius 3 is 2.50 bits per heavy atom. The molecule has 0 unspecified atom stereocenters. The average Bonchev–Trinajstić information content (AvgIpc) is 2.34. The number of halogens is 2. The molecule has 0 fully saturated rings. The summed E-state index contributed by atoms with van der Waals surface area (Å²) in [7, 11) is 1.40. The van der Waals surface area contributed by atoms with Gasteiger partial charge in [-0.3, -0.25) is 4.79 Å². The van der Waals surface area contributed by atoms with E-state index in [4.69, 9.17) is 10.5 Å². The molecule has 0 heterocycles. The summed E-state index contributed by atoms with van der Waals surface area (Å²) >= 11 is 0. The van der Waals surface area contributed by atoms with Crippen LogP contribution in [0, 0.1) is 11.2 Å². The summed E-state index contributed by atoms with van der Waals surface area (Å²) in [5.74, 6) is -0.514. The Bertz CT molecular complexity index is 461. The van der Waals surface area contributed by atoms with Gasteiger partial charge in [-0.05, 0) is 23.1 Å². The predicted octanol–water partition coefficient (Wildman–Crippen LogP) is 2.25. The minimum Gasteiger partial charge on any atom is -0.494 e. The van der Waals surface area contributed by atoms with Gasteiger partial charge in [0.05, 0.1) is 13.2 Å². The molecule has 6 heteroatoms. The zero-order chi connectivity index (χ0) is 14.6. The molecule has 1 aromatic rings. The van der Waals surface area contributed by atoms with Crippen molar-refractivity contribution in [2.75, 3.05) is 7.11 Å². The molecule has 0 radical (unpaired) electrons. The van der Waals surface area contributed by atoms with Gasteiger partial charge in [0.15, 0.2) is 11.6 Å². The van der Waals surface area contributed by atoms with Crippen LogP contribution in [0.3, 0.4) is 0 Å². The summed E-state index contributed by atoms with van der Waals surface area (Å²) < 4.78 is 18.3. The normalized spacial score (nSPS) is 12.3. The molecular formula is C14H22ClFN2O2. The molecular weight excluding hydrogens is 283 g/mol. The van der Waals surface area contributed by atoms with Crippen molar-refractivity contribution < 1.29 is 13.9 Å². The fourth-order valence-electron chi connectivity index (χ4n) is 1.51. The largest absolute Gasteiger partial charge is 0.494 e. The van der Waals surface area contributed by atoms with Crippen molar-refractivity contribution >= 4 is 18.3 Å². The average molecular weight is 305 g/mol. The highest BCUT2D eigenvalue weighted by Crippen LogP contribution is 2.19. The Labute approximate surface area is 125 Å². The summed E-state index contributed by atoms with van der Waals surface area (Å²) in [6.07, 6.45) is 0. The van der Waals surface area contributed by atoms with Crippen LogP contribution in [0.15, 0.2) is 18.2 Å². The van der Waals surface area contributed by atoms with E-state index in [9.17, 15) is 9.18 Å². The third-order valence-electron chi connectivity index (χ3n) is 2.90. The van der Waals surface area contributed by atoms with Crippen LogP contribution in [0.4, 0.5) is 4.39 Å². The molecule has 1 rings (SSSR count). The smallest absolute Gasteiger partial charge is 0.237 e. The van der Waals surface area contributed by atoms with Gasteiger partial charge in [-0.15, -0.1) is 12.4 Å². The quantitative estimate of drug-likeness (QED) is 0.896. The molecule has 1 aromatic carbocycles. The van der Waals surface area contributed by atoms with Crippen LogP contribution in [0.25, 0.3) is 0 Å². The summed E-state index contributed by atoms with van der Waals surface area (Å²) in [5.41, 5.74) is 6.18. The third-order valence-corrected chi connectivity index (χ3v) is 2.90. The number of methoxy groups -OCH3 is 1. The van der Waals surface area contributed by atoms with Crippen LogP contribution in [0.5, 0.6) is 5.75 Å². The molecule has 1 amide bonds. The zero-order valence-corrected chi connectivity index (χ0v) is 13.0. The standard InChI is InChI=1S/C14H21FN2O2.ClH/c1-14(2,3)12(16)13(18)17-8-9-5-6-11(19-4)10(15)7-9;/h5-7,12H,8,16H2,1-4H3,(H,17,18);1H/t12-;/m1./s1. The van der Waals surface area contributed by atoms with Gasteiger partial charge in [-0.1, -0.05) is 26.8 Å². The zero-order valence-electron chi connectivity index (χ0n) is 12.2. The first-order valence-corrected chi connectivity index (χ1v) is 6.11. The van der Waals surface area contributed by atoms with E-state index in [0.717, 1.165) is 0 Å². The van der Waals surface area contributed by atoms with Gasteiger partial charge in [-0.25, -0.2) is 4.39 Å². The predicted molar refractivity (Wildman–Crippen MR) is 79.5 cm³/mol. The third kappa shape index (κ3) is 4.98. The second-order valence-corrected chi connectivity index (χ2v) is 5.53. The Hall–Kier alpha value is -1.33.